The molecular formula is C15H22N2O3S. The molecule has 0 N–H and O–H groups in total. The lowest BCUT2D eigenvalue weighted by Gasteiger charge is -2.19. The molecular weight excluding hydrogens is 288 g/mol. The van der Waals surface area contributed by atoms with E-state index < -0.39 is 10.0 Å². The number of carbonyl (C=O) groups is 1. The Bertz CT molecular complexity index is 622. The summed E-state index contributed by atoms with van der Waals surface area (Å²) in [6, 6.07) is 6.63. The largest absolute Gasteiger partial charge is 0.383 e. The lowest BCUT2D eigenvalue weighted by Crippen LogP contribution is -2.28. The van der Waals surface area contributed by atoms with E-state index in [2.05, 4.69) is 0 Å². The smallest absolute Gasteiger partial charge is 0.234 e. The Morgan fingerprint density at radius 2 is 1.90 bits per heavy atom. The van der Waals surface area contributed by atoms with Crippen LogP contribution in [0.2, 0.25) is 0 Å². The van der Waals surface area contributed by atoms with E-state index in [1.165, 1.54) is 17.4 Å². The van der Waals surface area contributed by atoms with Gasteiger partial charge >= 0.3 is 0 Å². The SMILES string of the molecule is CCCS(=O)(=O)N(C)c1cccc(C(=O)/C=C/N(C)C)c1. The summed E-state index contributed by atoms with van der Waals surface area (Å²) in [6.07, 6.45) is 3.67. The standard InChI is InChI=1S/C15H22N2O3S/c1-5-11-21(19,20)17(4)14-8-6-7-13(12-14)15(18)9-10-16(2)3/h6-10,12H,5,11H2,1-4H3/b10-9+. The van der Waals surface area contributed by atoms with Crippen molar-refractivity contribution in [2.45, 2.75) is 13.3 Å². The summed E-state index contributed by atoms with van der Waals surface area (Å²) in [5.74, 6) is -0.0748. The number of rotatable bonds is 7. The third-order valence-electron chi connectivity index (χ3n) is 2.90. The highest BCUT2D eigenvalue weighted by Gasteiger charge is 2.17. The molecule has 0 saturated carbocycles. The lowest BCUT2D eigenvalue weighted by molar-refractivity contribution is 0.104. The molecule has 0 heterocycles. The van der Waals surface area contributed by atoms with Gasteiger partial charge in [-0.15, -0.1) is 0 Å². The van der Waals surface area contributed by atoms with E-state index in [0.717, 1.165) is 0 Å². The van der Waals surface area contributed by atoms with Crippen LogP contribution in [0.3, 0.4) is 0 Å². The van der Waals surface area contributed by atoms with Gasteiger partial charge in [0.15, 0.2) is 5.78 Å². The first-order valence-electron chi connectivity index (χ1n) is 6.73. The Hall–Kier alpha value is -1.82. The zero-order chi connectivity index (χ0) is 16.0. The number of hydrogen-bond donors (Lipinski definition) is 0. The molecule has 1 rings (SSSR count). The van der Waals surface area contributed by atoms with Crippen molar-refractivity contribution in [1.82, 2.24) is 4.90 Å². The first-order chi connectivity index (χ1) is 9.77. The van der Waals surface area contributed by atoms with Crippen LogP contribution in [0.1, 0.15) is 23.7 Å². The van der Waals surface area contributed by atoms with Gasteiger partial charge in [0.2, 0.25) is 10.0 Å². The van der Waals surface area contributed by atoms with Crippen LogP contribution in [0.5, 0.6) is 0 Å². The van der Waals surface area contributed by atoms with Gasteiger partial charge in [0.05, 0.1) is 11.4 Å². The van der Waals surface area contributed by atoms with E-state index in [4.69, 9.17) is 0 Å². The van der Waals surface area contributed by atoms with E-state index in [1.807, 2.05) is 21.0 Å². The number of carbonyl (C=O) groups excluding carboxylic acids is 1. The molecule has 1 aromatic carbocycles. The number of anilines is 1. The molecule has 0 unspecified atom stereocenters. The van der Waals surface area contributed by atoms with Crippen molar-refractivity contribution in [2.75, 3.05) is 31.2 Å². The van der Waals surface area contributed by atoms with Crippen molar-refractivity contribution in [3.8, 4) is 0 Å². The average molecular weight is 310 g/mol. The predicted octanol–water partition coefficient (Wildman–Crippen LogP) is 2.12. The summed E-state index contributed by atoms with van der Waals surface area (Å²) >= 11 is 0. The highest BCUT2D eigenvalue weighted by Crippen LogP contribution is 2.19. The van der Waals surface area contributed by atoms with Gasteiger partial charge < -0.3 is 4.90 Å². The first kappa shape index (κ1) is 17.2. The van der Waals surface area contributed by atoms with Crippen molar-refractivity contribution in [3.63, 3.8) is 0 Å². The van der Waals surface area contributed by atoms with Crippen LogP contribution in [0, 0.1) is 0 Å². The van der Waals surface area contributed by atoms with Crippen LogP contribution < -0.4 is 4.31 Å². The molecule has 0 fully saturated rings. The van der Waals surface area contributed by atoms with Gasteiger partial charge in [0.25, 0.3) is 0 Å². The lowest BCUT2D eigenvalue weighted by atomic mass is 10.1. The van der Waals surface area contributed by atoms with Crippen molar-refractivity contribution in [2.24, 2.45) is 0 Å². The Morgan fingerprint density at radius 3 is 2.48 bits per heavy atom. The fourth-order valence-electron chi connectivity index (χ4n) is 1.72. The predicted molar refractivity (Wildman–Crippen MR) is 86.1 cm³/mol. The Morgan fingerprint density at radius 1 is 1.24 bits per heavy atom. The molecule has 116 valence electrons. The van der Waals surface area contributed by atoms with Gasteiger partial charge in [-0.2, -0.15) is 0 Å². The van der Waals surface area contributed by atoms with Crippen LogP contribution >= 0.6 is 0 Å². The van der Waals surface area contributed by atoms with Crippen molar-refractivity contribution in [1.29, 1.82) is 0 Å². The minimum atomic E-state index is -3.34. The van der Waals surface area contributed by atoms with Crippen LogP contribution in [-0.2, 0) is 10.0 Å². The van der Waals surface area contributed by atoms with Gasteiger partial charge in [-0.1, -0.05) is 19.1 Å². The van der Waals surface area contributed by atoms with Gasteiger partial charge in [-0.3, -0.25) is 9.10 Å². The van der Waals surface area contributed by atoms with Crippen LogP contribution in [0.25, 0.3) is 0 Å². The monoisotopic (exact) mass is 310 g/mol. The number of hydrogen-bond acceptors (Lipinski definition) is 4. The quantitative estimate of drug-likeness (QED) is 0.572. The van der Waals surface area contributed by atoms with Gasteiger partial charge in [0, 0.05) is 39.0 Å². The van der Waals surface area contributed by atoms with E-state index in [1.54, 1.807) is 35.4 Å². The summed E-state index contributed by atoms with van der Waals surface area (Å²) in [6.45, 7) is 1.82. The van der Waals surface area contributed by atoms with Crippen molar-refractivity contribution in [3.05, 3.63) is 42.1 Å². The van der Waals surface area contributed by atoms with E-state index >= 15 is 0 Å². The number of nitrogens with zero attached hydrogens (tertiary/aromatic N) is 2. The molecule has 0 aromatic heterocycles. The summed E-state index contributed by atoms with van der Waals surface area (Å²) in [5.41, 5.74) is 0.955. The molecule has 5 nitrogen and oxygen atoms in total. The molecule has 0 atom stereocenters. The normalized spacial score (nSPS) is 11.6. The Balaban J connectivity index is 3.03. The van der Waals surface area contributed by atoms with E-state index in [-0.39, 0.29) is 11.5 Å². The van der Waals surface area contributed by atoms with Crippen molar-refractivity contribution >= 4 is 21.5 Å². The number of benzene rings is 1. The molecule has 0 saturated heterocycles. The molecule has 0 aliphatic carbocycles. The fraction of sp³-hybridized carbons (Fsp3) is 0.400. The molecule has 21 heavy (non-hydrogen) atoms. The summed E-state index contributed by atoms with van der Waals surface area (Å²) in [5, 5.41) is 0. The highest BCUT2D eigenvalue weighted by molar-refractivity contribution is 7.92. The third-order valence-corrected chi connectivity index (χ3v) is 4.87. The topological polar surface area (TPSA) is 57.7 Å². The number of allylic oxidation sites excluding steroid dienone is 1. The first-order valence-corrected chi connectivity index (χ1v) is 8.34. The summed E-state index contributed by atoms with van der Waals surface area (Å²) in [4.78, 5) is 13.8. The zero-order valence-electron chi connectivity index (χ0n) is 12.9. The Kier molecular flexibility index (Phi) is 5.96. The maximum Gasteiger partial charge on any atom is 0.234 e. The van der Waals surface area contributed by atoms with Crippen LogP contribution in [0.4, 0.5) is 5.69 Å². The maximum absolute atomic E-state index is 12.0. The molecule has 0 spiro atoms. The number of sulfonamides is 1. The zero-order valence-corrected chi connectivity index (χ0v) is 13.7. The fourth-order valence-corrected chi connectivity index (χ4v) is 2.95. The minimum Gasteiger partial charge on any atom is -0.383 e. The minimum absolute atomic E-state index is 0.0855. The summed E-state index contributed by atoms with van der Waals surface area (Å²) < 4.78 is 25.3. The van der Waals surface area contributed by atoms with Gasteiger partial charge in [-0.05, 0) is 18.6 Å². The van der Waals surface area contributed by atoms with E-state index in [0.29, 0.717) is 17.7 Å². The van der Waals surface area contributed by atoms with Crippen LogP contribution in [-0.4, -0.2) is 46.0 Å². The Labute approximate surface area is 126 Å². The van der Waals surface area contributed by atoms with Gasteiger partial charge in [0.1, 0.15) is 0 Å². The van der Waals surface area contributed by atoms with Crippen LogP contribution in [0.15, 0.2) is 36.5 Å². The second kappa shape index (κ2) is 7.26. The number of ketones is 1. The highest BCUT2D eigenvalue weighted by atomic mass is 32.2. The third kappa shape index (κ3) is 4.90. The molecule has 0 aliphatic rings. The average Bonchev–Trinajstić information content (AvgIpc) is 2.44. The molecule has 0 aliphatic heterocycles. The molecule has 6 heteroatoms. The van der Waals surface area contributed by atoms with Gasteiger partial charge in [-0.25, -0.2) is 8.42 Å². The van der Waals surface area contributed by atoms with Crippen molar-refractivity contribution < 1.29 is 13.2 Å². The second-order valence-electron chi connectivity index (χ2n) is 4.98. The van der Waals surface area contributed by atoms with E-state index in [9.17, 15) is 13.2 Å². The second-order valence-corrected chi connectivity index (χ2v) is 7.10. The maximum atomic E-state index is 12.0. The molecule has 0 bridgehead atoms. The molecule has 0 amide bonds. The molecule has 1 aromatic rings. The molecule has 0 radical (unpaired) electrons. The summed E-state index contributed by atoms with van der Waals surface area (Å²) in [7, 11) is 1.82.